The van der Waals surface area contributed by atoms with Crippen LogP contribution in [0.4, 0.5) is 10.1 Å². The van der Waals surface area contributed by atoms with Gasteiger partial charge in [-0.3, -0.25) is 0 Å². The SMILES string of the molecule is Fc1cccc(CNC2CC2)c1N1CCSCC1. The maximum Gasteiger partial charge on any atom is 0.146 e. The normalized spacial score (nSPS) is 20.2. The van der Waals surface area contributed by atoms with Crippen LogP contribution in [0.25, 0.3) is 0 Å². The molecule has 1 aromatic carbocycles. The molecule has 2 aliphatic rings. The Morgan fingerprint density at radius 3 is 2.78 bits per heavy atom. The average molecular weight is 266 g/mol. The van der Waals surface area contributed by atoms with E-state index in [-0.39, 0.29) is 5.82 Å². The molecule has 0 unspecified atom stereocenters. The summed E-state index contributed by atoms with van der Waals surface area (Å²) in [5.41, 5.74) is 1.93. The fourth-order valence-corrected chi connectivity index (χ4v) is 3.29. The van der Waals surface area contributed by atoms with Crippen molar-refractivity contribution in [2.24, 2.45) is 0 Å². The second-order valence-corrected chi connectivity index (χ2v) is 6.23. The molecule has 0 spiro atoms. The van der Waals surface area contributed by atoms with E-state index in [0.717, 1.165) is 42.4 Å². The maximum absolute atomic E-state index is 14.1. The minimum Gasteiger partial charge on any atom is -0.367 e. The predicted octanol–water partition coefficient (Wildman–Crippen LogP) is 2.63. The molecule has 2 nitrogen and oxygen atoms in total. The second-order valence-electron chi connectivity index (χ2n) is 5.00. The summed E-state index contributed by atoms with van der Waals surface area (Å²) in [7, 11) is 0. The first-order chi connectivity index (χ1) is 8.84. The number of hydrogen-bond donors (Lipinski definition) is 1. The van der Waals surface area contributed by atoms with E-state index in [4.69, 9.17) is 0 Å². The zero-order chi connectivity index (χ0) is 12.4. The van der Waals surface area contributed by atoms with Gasteiger partial charge in [-0.1, -0.05) is 12.1 Å². The number of nitrogens with zero attached hydrogens (tertiary/aromatic N) is 1. The lowest BCUT2D eigenvalue weighted by Gasteiger charge is -2.30. The van der Waals surface area contributed by atoms with Crippen molar-refractivity contribution in [3.05, 3.63) is 29.6 Å². The Hall–Kier alpha value is -0.740. The van der Waals surface area contributed by atoms with E-state index in [9.17, 15) is 4.39 Å². The molecule has 0 aromatic heterocycles. The van der Waals surface area contributed by atoms with Crippen molar-refractivity contribution in [1.29, 1.82) is 0 Å². The molecule has 0 atom stereocenters. The molecule has 18 heavy (non-hydrogen) atoms. The van der Waals surface area contributed by atoms with E-state index in [1.807, 2.05) is 17.8 Å². The first-order valence-electron chi connectivity index (χ1n) is 6.68. The summed E-state index contributed by atoms with van der Waals surface area (Å²) >= 11 is 1.95. The van der Waals surface area contributed by atoms with Crippen molar-refractivity contribution in [1.82, 2.24) is 5.32 Å². The number of nitrogens with one attached hydrogen (secondary N) is 1. The maximum atomic E-state index is 14.1. The van der Waals surface area contributed by atoms with Gasteiger partial charge < -0.3 is 10.2 Å². The van der Waals surface area contributed by atoms with Gasteiger partial charge in [0, 0.05) is 37.2 Å². The molecule has 0 radical (unpaired) electrons. The molecule has 2 fully saturated rings. The Morgan fingerprint density at radius 2 is 2.06 bits per heavy atom. The van der Waals surface area contributed by atoms with Gasteiger partial charge in [0.15, 0.2) is 0 Å². The number of para-hydroxylation sites is 1. The first-order valence-corrected chi connectivity index (χ1v) is 7.83. The summed E-state index contributed by atoms with van der Waals surface area (Å²) in [6.07, 6.45) is 2.54. The number of halogens is 1. The quantitative estimate of drug-likeness (QED) is 0.902. The summed E-state index contributed by atoms with van der Waals surface area (Å²) in [5, 5.41) is 3.48. The smallest absolute Gasteiger partial charge is 0.146 e. The third kappa shape index (κ3) is 2.81. The standard InChI is InChI=1S/C14H19FN2S/c15-13-3-1-2-11(10-16-12-4-5-12)14(13)17-6-8-18-9-7-17/h1-3,12,16H,4-10H2. The van der Waals surface area contributed by atoms with Crippen molar-refractivity contribution in [2.75, 3.05) is 29.5 Å². The summed E-state index contributed by atoms with van der Waals surface area (Å²) in [5.74, 6) is 2.13. The van der Waals surface area contributed by atoms with Crippen LogP contribution in [0.2, 0.25) is 0 Å². The van der Waals surface area contributed by atoms with Gasteiger partial charge in [0.2, 0.25) is 0 Å². The van der Waals surface area contributed by atoms with E-state index in [1.165, 1.54) is 12.8 Å². The van der Waals surface area contributed by atoms with Gasteiger partial charge >= 0.3 is 0 Å². The third-order valence-electron chi connectivity index (χ3n) is 3.56. The van der Waals surface area contributed by atoms with E-state index in [1.54, 1.807) is 6.07 Å². The molecule has 1 aromatic rings. The monoisotopic (exact) mass is 266 g/mol. The topological polar surface area (TPSA) is 15.3 Å². The molecule has 3 rings (SSSR count). The third-order valence-corrected chi connectivity index (χ3v) is 4.50. The Morgan fingerprint density at radius 1 is 1.28 bits per heavy atom. The first kappa shape index (κ1) is 12.3. The van der Waals surface area contributed by atoms with Crippen molar-refractivity contribution in [2.45, 2.75) is 25.4 Å². The van der Waals surface area contributed by atoms with Crippen LogP contribution >= 0.6 is 11.8 Å². The van der Waals surface area contributed by atoms with Crippen LogP contribution in [-0.4, -0.2) is 30.6 Å². The molecule has 98 valence electrons. The van der Waals surface area contributed by atoms with Crippen LogP contribution in [-0.2, 0) is 6.54 Å². The van der Waals surface area contributed by atoms with Crippen molar-refractivity contribution in [3.8, 4) is 0 Å². The summed E-state index contributed by atoms with van der Waals surface area (Å²) in [6.45, 7) is 2.71. The molecule has 1 saturated carbocycles. The average Bonchev–Trinajstić information content (AvgIpc) is 3.21. The van der Waals surface area contributed by atoms with Gasteiger partial charge in [-0.15, -0.1) is 0 Å². The molecule has 1 heterocycles. The van der Waals surface area contributed by atoms with Crippen LogP contribution in [0.15, 0.2) is 18.2 Å². The summed E-state index contributed by atoms with van der Waals surface area (Å²) in [6, 6.07) is 6.12. The predicted molar refractivity (Wildman–Crippen MR) is 75.8 cm³/mol. The van der Waals surface area contributed by atoms with Crippen LogP contribution in [0.3, 0.4) is 0 Å². The Balaban J connectivity index is 1.79. The number of anilines is 1. The van der Waals surface area contributed by atoms with Crippen molar-refractivity contribution in [3.63, 3.8) is 0 Å². The lowest BCUT2D eigenvalue weighted by Crippen LogP contribution is -2.34. The Kier molecular flexibility index (Phi) is 3.75. The Labute approximate surface area is 112 Å². The molecule has 4 heteroatoms. The highest BCUT2D eigenvalue weighted by Gasteiger charge is 2.22. The molecular formula is C14H19FN2S. The van der Waals surface area contributed by atoms with Crippen LogP contribution < -0.4 is 10.2 Å². The largest absolute Gasteiger partial charge is 0.367 e. The van der Waals surface area contributed by atoms with Crippen molar-refractivity contribution < 1.29 is 4.39 Å². The number of benzene rings is 1. The van der Waals surface area contributed by atoms with E-state index < -0.39 is 0 Å². The lowest BCUT2D eigenvalue weighted by atomic mass is 10.1. The molecular weight excluding hydrogens is 247 g/mol. The highest BCUT2D eigenvalue weighted by Crippen LogP contribution is 2.28. The number of rotatable bonds is 4. The van der Waals surface area contributed by atoms with Crippen LogP contribution in [0.1, 0.15) is 18.4 Å². The molecule has 0 amide bonds. The molecule has 1 saturated heterocycles. The van der Waals surface area contributed by atoms with Crippen LogP contribution in [0.5, 0.6) is 0 Å². The van der Waals surface area contributed by atoms with Gasteiger partial charge in [0.1, 0.15) is 5.82 Å². The minimum atomic E-state index is -0.0722. The lowest BCUT2D eigenvalue weighted by molar-refractivity contribution is 0.610. The Bertz CT molecular complexity index is 414. The highest BCUT2D eigenvalue weighted by molar-refractivity contribution is 7.99. The molecule has 1 aliphatic carbocycles. The van der Waals surface area contributed by atoms with E-state index >= 15 is 0 Å². The number of hydrogen-bond acceptors (Lipinski definition) is 3. The second kappa shape index (κ2) is 5.49. The van der Waals surface area contributed by atoms with Gasteiger partial charge in [0.25, 0.3) is 0 Å². The van der Waals surface area contributed by atoms with Gasteiger partial charge in [-0.25, -0.2) is 4.39 Å². The van der Waals surface area contributed by atoms with Gasteiger partial charge in [-0.05, 0) is 24.5 Å². The number of thioether (sulfide) groups is 1. The fraction of sp³-hybridized carbons (Fsp3) is 0.571. The van der Waals surface area contributed by atoms with Gasteiger partial charge in [-0.2, -0.15) is 11.8 Å². The molecule has 0 bridgehead atoms. The molecule has 1 N–H and O–H groups in total. The van der Waals surface area contributed by atoms with Crippen LogP contribution in [0, 0.1) is 5.82 Å². The highest BCUT2D eigenvalue weighted by atomic mass is 32.2. The van der Waals surface area contributed by atoms with E-state index in [2.05, 4.69) is 16.3 Å². The zero-order valence-corrected chi connectivity index (χ0v) is 11.3. The van der Waals surface area contributed by atoms with Crippen molar-refractivity contribution >= 4 is 17.4 Å². The summed E-state index contributed by atoms with van der Waals surface area (Å²) in [4.78, 5) is 2.20. The minimum absolute atomic E-state index is 0.0722. The van der Waals surface area contributed by atoms with Gasteiger partial charge in [0.05, 0.1) is 5.69 Å². The summed E-state index contributed by atoms with van der Waals surface area (Å²) < 4.78 is 14.1. The fourth-order valence-electron chi connectivity index (χ4n) is 2.39. The van der Waals surface area contributed by atoms with E-state index in [0.29, 0.717) is 6.04 Å². The zero-order valence-electron chi connectivity index (χ0n) is 10.5. The molecule has 1 aliphatic heterocycles.